The average Bonchev–Trinajstić information content (AvgIpc) is 2.35. The number of amides is 1. The molecule has 0 bridgehead atoms. The van der Waals surface area contributed by atoms with E-state index in [4.69, 9.17) is 11.6 Å². The quantitative estimate of drug-likeness (QED) is 0.496. The van der Waals surface area contributed by atoms with Gasteiger partial charge in [-0.05, 0) is 38.3 Å². The molecule has 1 amide bonds. The summed E-state index contributed by atoms with van der Waals surface area (Å²) in [4.78, 5) is 22.4. The largest absolute Gasteiger partial charge is 0.349 e. The molecule has 0 heterocycles. The van der Waals surface area contributed by atoms with E-state index in [2.05, 4.69) is 5.32 Å². The van der Waals surface area contributed by atoms with E-state index in [-0.39, 0.29) is 17.3 Å². The Morgan fingerprint density at radius 1 is 1.53 bits per heavy atom. The lowest BCUT2D eigenvalue weighted by Crippen LogP contribution is -2.33. The summed E-state index contributed by atoms with van der Waals surface area (Å²) in [5.74, 6) is 0.114. The second kappa shape index (κ2) is 7.09. The van der Waals surface area contributed by atoms with Crippen LogP contribution in [0.15, 0.2) is 18.2 Å². The van der Waals surface area contributed by atoms with Crippen molar-refractivity contribution in [1.82, 2.24) is 5.32 Å². The first-order chi connectivity index (χ1) is 8.95. The highest BCUT2D eigenvalue weighted by Crippen LogP contribution is 2.20. The third-order valence-corrected chi connectivity index (χ3v) is 3.01. The number of alkyl halides is 1. The third kappa shape index (κ3) is 4.52. The predicted octanol–water partition coefficient (Wildman–Crippen LogP) is 3.04. The molecule has 6 heteroatoms. The Morgan fingerprint density at radius 2 is 2.21 bits per heavy atom. The summed E-state index contributed by atoms with van der Waals surface area (Å²) < 4.78 is 0. The Morgan fingerprint density at radius 3 is 2.79 bits per heavy atom. The Balaban J connectivity index is 2.86. The second-order valence-corrected chi connectivity index (χ2v) is 4.86. The molecule has 0 aromatic heterocycles. The highest BCUT2D eigenvalue weighted by molar-refractivity contribution is 6.17. The lowest BCUT2D eigenvalue weighted by Gasteiger charge is -2.13. The van der Waals surface area contributed by atoms with Crippen LogP contribution in [0.25, 0.3) is 0 Å². The number of rotatable bonds is 6. The number of nitrogens with one attached hydrogen (secondary N) is 1. The van der Waals surface area contributed by atoms with E-state index in [1.54, 1.807) is 13.0 Å². The SMILES string of the molecule is Cc1ccc([N+](=O)[O-])c(C(=O)NC(C)CCCCl)c1. The molecule has 104 valence electrons. The van der Waals surface area contributed by atoms with Crippen molar-refractivity contribution in [2.24, 2.45) is 0 Å². The van der Waals surface area contributed by atoms with Gasteiger partial charge in [0.25, 0.3) is 11.6 Å². The second-order valence-electron chi connectivity index (χ2n) is 4.48. The molecule has 0 aliphatic rings. The topological polar surface area (TPSA) is 72.2 Å². The smallest absolute Gasteiger partial charge is 0.282 e. The molecule has 1 unspecified atom stereocenters. The maximum absolute atomic E-state index is 12.0. The predicted molar refractivity (Wildman–Crippen MR) is 74.7 cm³/mol. The van der Waals surface area contributed by atoms with Gasteiger partial charge in [-0.25, -0.2) is 0 Å². The van der Waals surface area contributed by atoms with Gasteiger partial charge in [0, 0.05) is 18.0 Å². The summed E-state index contributed by atoms with van der Waals surface area (Å²) in [5, 5.41) is 13.7. The highest BCUT2D eigenvalue weighted by atomic mass is 35.5. The standard InChI is InChI=1S/C13H17ClN2O3/c1-9-5-6-12(16(18)19)11(8-9)13(17)15-10(2)4-3-7-14/h5-6,8,10H,3-4,7H2,1-2H3,(H,15,17). The zero-order valence-corrected chi connectivity index (χ0v) is 11.7. The average molecular weight is 285 g/mol. The molecule has 0 saturated heterocycles. The van der Waals surface area contributed by atoms with Crippen LogP contribution < -0.4 is 5.32 Å². The van der Waals surface area contributed by atoms with Gasteiger partial charge in [0.15, 0.2) is 0 Å². The van der Waals surface area contributed by atoms with Gasteiger partial charge in [-0.15, -0.1) is 11.6 Å². The van der Waals surface area contributed by atoms with Crippen LogP contribution in [0, 0.1) is 17.0 Å². The summed E-state index contributed by atoms with van der Waals surface area (Å²) in [6.07, 6.45) is 1.54. The fourth-order valence-electron chi connectivity index (χ4n) is 1.75. The molecule has 0 fully saturated rings. The molecule has 0 aliphatic carbocycles. The van der Waals surface area contributed by atoms with Gasteiger partial charge in [0.2, 0.25) is 0 Å². The van der Waals surface area contributed by atoms with Crippen LogP contribution in [-0.4, -0.2) is 22.8 Å². The molecular formula is C13H17ClN2O3. The molecule has 0 radical (unpaired) electrons. The summed E-state index contributed by atoms with van der Waals surface area (Å²) in [6, 6.07) is 4.44. The Bertz CT molecular complexity index is 477. The Labute approximate surface area is 117 Å². The number of hydrogen-bond acceptors (Lipinski definition) is 3. The summed E-state index contributed by atoms with van der Waals surface area (Å²) >= 11 is 5.58. The van der Waals surface area contributed by atoms with Crippen LogP contribution in [0.2, 0.25) is 0 Å². The minimum Gasteiger partial charge on any atom is -0.349 e. The van der Waals surface area contributed by atoms with Crippen molar-refractivity contribution < 1.29 is 9.72 Å². The van der Waals surface area contributed by atoms with Crippen LogP contribution in [0.3, 0.4) is 0 Å². The van der Waals surface area contributed by atoms with Gasteiger partial charge in [-0.2, -0.15) is 0 Å². The van der Waals surface area contributed by atoms with E-state index in [1.165, 1.54) is 12.1 Å². The lowest BCUT2D eigenvalue weighted by molar-refractivity contribution is -0.385. The van der Waals surface area contributed by atoms with Gasteiger partial charge in [-0.1, -0.05) is 6.07 Å². The van der Waals surface area contributed by atoms with Crippen LogP contribution in [0.5, 0.6) is 0 Å². The molecule has 0 spiro atoms. The van der Waals surface area contributed by atoms with Crippen molar-refractivity contribution in [1.29, 1.82) is 0 Å². The minimum atomic E-state index is -0.544. The van der Waals surface area contributed by atoms with Crippen molar-refractivity contribution in [3.8, 4) is 0 Å². The number of carbonyl (C=O) groups is 1. The molecular weight excluding hydrogens is 268 g/mol. The van der Waals surface area contributed by atoms with Gasteiger partial charge >= 0.3 is 0 Å². The first kappa shape index (κ1) is 15.4. The van der Waals surface area contributed by atoms with E-state index in [9.17, 15) is 14.9 Å². The van der Waals surface area contributed by atoms with E-state index in [0.29, 0.717) is 5.88 Å². The van der Waals surface area contributed by atoms with Gasteiger partial charge in [-0.3, -0.25) is 14.9 Å². The van der Waals surface area contributed by atoms with Crippen molar-refractivity contribution in [3.05, 3.63) is 39.4 Å². The number of aryl methyl sites for hydroxylation is 1. The fourth-order valence-corrected chi connectivity index (χ4v) is 1.90. The molecule has 19 heavy (non-hydrogen) atoms. The molecule has 5 nitrogen and oxygen atoms in total. The number of benzene rings is 1. The first-order valence-corrected chi connectivity index (χ1v) is 6.61. The zero-order valence-electron chi connectivity index (χ0n) is 11.0. The van der Waals surface area contributed by atoms with Crippen molar-refractivity contribution in [3.63, 3.8) is 0 Å². The molecule has 1 atom stereocenters. The van der Waals surface area contributed by atoms with Crippen LogP contribution >= 0.6 is 11.6 Å². The van der Waals surface area contributed by atoms with E-state index in [0.717, 1.165) is 18.4 Å². The molecule has 1 aromatic carbocycles. The number of nitro benzene ring substituents is 1. The number of nitro groups is 1. The monoisotopic (exact) mass is 284 g/mol. The van der Waals surface area contributed by atoms with Crippen molar-refractivity contribution in [2.75, 3.05) is 5.88 Å². The molecule has 1 rings (SSSR count). The Kier molecular flexibility index (Phi) is 5.76. The van der Waals surface area contributed by atoms with Gasteiger partial charge in [0.1, 0.15) is 5.56 Å². The lowest BCUT2D eigenvalue weighted by atomic mass is 10.1. The summed E-state index contributed by atoms with van der Waals surface area (Å²) in [6.45, 7) is 3.64. The molecule has 1 aromatic rings. The van der Waals surface area contributed by atoms with Crippen LogP contribution in [-0.2, 0) is 0 Å². The van der Waals surface area contributed by atoms with Crippen molar-refractivity contribution in [2.45, 2.75) is 32.7 Å². The Hall–Kier alpha value is -1.62. The number of carbonyl (C=O) groups excluding carboxylic acids is 1. The van der Waals surface area contributed by atoms with Gasteiger partial charge < -0.3 is 5.32 Å². The fraction of sp³-hybridized carbons (Fsp3) is 0.462. The maximum atomic E-state index is 12.0. The molecule has 1 N–H and O–H groups in total. The number of hydrogen-bond donors (Lipinski definition) is 1. The van der Waals surface area contributed by atoms with E-state index >= 15 is 0 Å². The zero-order chi connectivity index (χ0) is 14.4. The van der Waals surface area contributed by atoms with E-state index in [1.807, 2.05) is 6.92 Å². The highest BCUT2D eigenvalue weighted by Gasteiger charge is 2.21. The molecule has 0 aliphatic heterocycles. The summed E-state index contributed by atoms with van der Waals surface area (Å²) in [7, 11) is 0. The number of nitrogens with zero attached hydrogens (tertiary/aromatic N) is 1. The normalized spacial score (nSPS) is 11.9. The van der Waals surface area contributed by atoms with Gasteiger partial charge in [0.05, 0.1) is 4.92 Å². The maximum Gasteiger partial charge on any atom is 0.282 e. The third-order valence-electron chi connectivity index (χ3n) is 2.74. The minimum absolute atomic E-state index is 0.0635. The van der Waals surface area contributed by atoms with E-state index < -0.39 is 10.8 Å². The van der Waals surface area contributed by atoms with Crippen molar-refractivity contribution >= 4 is 23.2 Å². The van der Waals surface area contributed by atoms with Crippen LogP contribution in [0.1, 0.15) is 35.7 Å². The first-order valence-electron chi connectivity index (χ1n) is 6.07. The van der Waals surface area contributed by atoms with Crippen LogP contribution in [0.4, 0.5) is 5.69 Å². The summed E-state index contributed by atoms with van der Waals surface area (Å²) in [5.41, 5.74) is 0.736. The molecule has 0 saturated carbocycles. The number of halogens is 1.